The Kier molecular flexibility index (Phi) is 5.93. The number of hydrogen-bond acceptors (Lipinski definition) is 2. The predicted molar refractivity (Wildman–Crippen MR) is 74.2 cm³/mol. The molecule has 16 heavy (non-hydrogen) atoms. The van der Waals surface area contributed by atoms with Crippen molar-refractivity contribution in [2.45, 2.75) is 50.8 Å². The van der Waals surface area contributed by atoms with E-state index in [0.717, 1.165) is 13.1 Å². The largest absolute Gasteiger partial charge is 0.313 e. The third-order valence-electron chi connectivity index (χ3n) is 2.72. The summed E-state index contributed by atoms with van der Waals surface area (Å²) in [6.07, 6.45) is 1.23. The molecular weight excluding hydrogens is 214 g/mol. The Hall–Kier alpha value is -0.470. The topological polar surface area (TPSA) is 12.0 Å². The molecule has 1 nitrogen and oxygen atoms in total. The van der Waals surface area contributed by atoms with Gasteiger partial charge >= 0.3 is 0 Å². The molecule has 0 spiro atoms. The fraction of sp³-hybridized carbons (Fsp3) is 0.571. The highest BCUT2D eigenvalue weighted by Gasteiger charge is 2.05. The van der Waals surface area contributed by atoms with Crippen LogP contribution < -0.4 is 5.32 Å². The molecule has 0 amide bonds. The second-order valence-corrected chi connectivity index (χ2v) is 5.70. The van der Waals surface area contributed by atoms with Gasteiger partial charge in [-0.2, -0.15) is 0 Å². The fourth-order valence-corrected chi connectivity index (χ4v) is 2.51. The molecule has 0 aliphatic rings. The van der Waals surface area contributed by atoms with Crippen molar-refractivity contribution in [2.75, 3.05) is 6.54 Å². The highest BCUT2D eigenvalue weighted by atomic mass is 32.2. The number of aryl methyl sites for hydroxylation is 1. The van der Waals surface area contributed by atoms with Crippen LogP contribution in [0.15, 0.2) is 23.1 Å². The van der Waals surface area contributed by atoms with Crippen molar-refractivity contribution in [1.29, 1.82) is 0 Å². The number of hydrogen-bond donors (Lipinski definition) is 1. The molecule has 1 rings (SSSR count). The number of benzene rings is 1. The van der Waals surface area contributed by atoms with Gasteiger partial charge in [0.25, 0.3) is 0 Å². The molecule has 1 aromatic rings. The standard InChI is InChI=1S/C14H23NS/c1-5-12(4)16-14-8-7-13(9-11(14)3)10-15-6-2/h7-9,12,15H,5-6,10H2,1-4H3. The second-order valence-electron chi connectivity index (χ2n) is 4.22. The van der Waals surface area contributed by atoms with E-state index in [4.69, 9.17) is 0 Å². The first kappa shape index (κ1) is 13.6. The van der Waals surface area contributed by atoms with Gasteiger partial charge in [0, 0.05) is 16.7 Å². The highest BCUT2D eigenvalue weighted by Crippen LogP contribution is 2.28. The number of thioether (sulfide) groups is 1. The summed E-state index contributed by atoms with van der Waals surface area (Å²) in [5, 5.41) is 4.06. The number of nitrogens with one attached hydrogen (secondary N) is 1. The third-order valence-corrected chi connectivity index (χ3v) is 4.17. The van der Waals surface area contributed by atoms with Gasteiger partial charge in [0.1, 0.15) is 0 Å². The lowest BCUT2D eigenvalue weighted by atomic mass is 10.1. The summed E-state index contributed by atoms with van der Waals surface area (Å²) in [7, 11) is 0. The Morgan fingerprint density at radius 1 is 1.31 bits per heavy atom. The Bertz CT molecular complexity index is 323. The molecule has 1 aromatic carbocycles. The van der Waals surface area contributed by atoms with E-state index in [2.05, 4.69) is 51.2 Å². The summed E-state index contributed by atoms with van der Waals surface area (Å²) in [5.74, 6) is 0. The van der Waals surface area contributed by atoms with Gasteiger partial charge in [-0.05, 0) is 37.1 Å². The molecular formula is C14H23NS. The summed E-state index contributed by atoms with van der Waals surface area (Å²) in [5.41, 5.74) is 2.79. The van der Waals surface area contributed by atoms with Crippen molar-refractivity contribution >= 4 is 11.8 Å². The molecule has 0 fully saturated rings. The summed E-state index contributed by atoms with van der Waals surface area (Å²) in [6.45, 7) is 10.9. The molecule has 0 aromatic heterocycles. The van der Waals surface area contributed by atoms with Crippen LogP contribution in [0, 0.1) is 6.92 Å². The van der Waals surface area contributed by atoms with Crippen LogP contribution in [0.1, 0.15) is 38.3 Å². The van der Waals surface area contributed by atoms with E-state index in [1.54, 1.807) is 0 Å². The van der Waals surface area contributed by atoms with Crippen molar-refractivity contribution in [3.8, 4) is 0 Å². The van der Waals surface area contributed by atoms with Gasteiger partial charge in [0.05, 0.1) is 0 Å². The lowest BCUT2D eigenvalue weighted by molar-refractivity contribution is 0.725. The molecule has 0 bridgehead atoms. The van der Waals surface area contributed by atoms with Crippen LogP contribution in [-0.4, -0.2) is 11.8 Å². The molecule has 2 heteroatoms. The van der Waals surface area contributed by atoms with Crippen molar-refractivity contribution in [3.05, 3.63) is 29.3 Å². The molecule has 1 atom stereocenters. The maximum atomic E-state index is 3.36. The van der Waals surface area contributed by atoms with Crippen LogP contribution in [0.5, 0.6) is 0 Å². The lowest BCUT2D eigenvalue weighted by Gasteiger charge is -2.12. The molecule has 0 saturated heterocycles. The van der Waals surface area contributed by atoms with E-state index >= 15 is 0 Å². The maximum absolute atomic E-state index is 3.36. The second kappa shape index (κ2) is 6.97. The first-order valence-corrected chi connectivity index (χ1v) is 7.02. The monoisotopic (exact) mass is 237 g/mol. The van der Waals surface area contributed by atoms with E-state index in [-0.39, 0.29) is 0 Å². The van der Waals surface area contributed by atoms with Gasteiger partial charge in [-0.3, -0.25) is 0 Å². The maximum Gasteiger partial charge on any atom is 0.0205 e. The van der Waals surface area contributed by atoms with Crippen molar-refractivity contribution in [2.24, 2.45) is 0 Å². The van der Waals surface area contributed by atoms with E-state index < -0.39 is 0 Å². The molecule has 1 N–H and O–H groups in total. The summed E-state index contributed by atoms with van der Waals surface area (Å²) in [6, 6.07) is 6.80. The van der Waals surface area contributed by atoms with Crippen molar-refractivity contribution < 1.29 is 0 Å². The van der Waals surface area contributed by atoms with Crippen LogP contribution in [0.4, 0.5) is 0 Å². The molecule has 0 aliphatic carbocycles. The Balaban J connectivity index is 2.67. The minimum atomic E-state index is 0.707. The Morgan fingerprint density at radius 3 is 2.62 bits per heavy atom. The predicted octanol–water partition coefficient (Wildman–Crippen LogP) is 4.00. The first-order chi connectivity index (χ1) is 7.67. The molecule has 0 radical (unpaired) electrons. The minimum absolute atomic E-state index is 0.707. The minimum Gasteiger partial charge on any atom is -0.313 e. The van der Waals surface area contributed by atoms with Crippen LogP contribution in [0.2, 0.25) is 0 Å². The van der Waals surface area contributed by atoms with E-state index in [9.17, 15) is 0 Å². The van der Waals surface area contributed by atoms with Gasteiger partial charge < -0.3 is 5.32 Å². The SMILES string of the molecule is CCNCc1ccc(SC(C)CC)c(C)c1. The van der Waals surface area contributed by atoms with Gasteiger partial charge in [-0.1, -0.05) is 32.9 Å². The van der Waals surface area contributed by atoms with Gasteiger partial charge in [-0.15, -0.1) is 11.8 Å². The zero-order valence-electron chi connectivity index (χ0n) is 10.8. The first-order valence-electron chi connectivity index (χ1n) is 6.14. The lowest BCUT2D eigenvalue weighted by Crippen LogP contribution is -2.11. The smallest absolute Gasteiger partial charge is 0.0205 e. The average Bonchev–Trinajstić information content (AvgIpc) is 2.29. The molecule has 1 unspecified atom stereocenters. The normalized spacial score (nSPS) is 12.8. The van der Waals surface area contributed by atoms with E-state index in [1.807, 2.05) is 11.8 Å². The highest BCUT2D eigenvalue weighted by molar-refractivity contribution is 8.00. The van der Waals surface area contributed by atoms with Crippen molar-refractivity contribution in [3.63, 3.8) is 0 Å². The van der Waals surface area contributed by atoms with Gasteiger partial charge in [-0.25, -0.2) is 0 Å². The van der Waals surface area contributed by atoms with E-state index in [1.165, 1.54) is 22.4 Å². The molecule has 0 heterocycles. The van der Waals surface area contributed by atoms with Crippen LogP contribution in [0.3, 0.4) is 0 Å². The average molecular weight is 237 g/mol. The van der Waals surface area contributed by atoms with Gasteiger partial charge in [0.2, 0.25) is 0 Å². The molecule has 0 aliphatic heterocycles. The van der Waals surface area contributed by atoms with Crippen LogP contribution in [0.25, 0.3) is 0 Å². The fourth-order valence-electron chi connectivity index (χ4n) is 1.52. The molecule has 0 saturated carbocycles. The summed E-state index contributed by atoms with van der Waals surface area (Å²) >= 11 is 1.98. The van der Waals surface area contributed by atoms with Crippen molar-refractivity contribution in [1.82, 2.24) is 5.32 Å². The van der Waals surface area contributed by atoms with Gasteiger partial charge in [0.15, 0.2) is 0 Å². The molecule has 90 valence electrons. The number of rotatable bonds is 6. The van der Waals surface area contributed by atoms with Crippen LogP contribution >= 0.6 is 11.8 Å². The Morgan fingerprint density at radius 2 is 2.06 bits per heavy atom. The quantitative estimate of drug-likeness (QED) is 0.751. The zero-order valence-corrected chi connectivity index (χ0v) is 11.7. The van der Waals surface area contributed by atoms with Crippen LogP contribution in [-0.2, 0) is 6.54 Å². The third kappa shape index (κ3) is 4.18. The summed E-state index contributed by atoms with van der Waals surface area (Å²) < 4.78 is 0. The van der Waals surface area contributed by atoms with E-state index in [0.29, 0.717) is 5.25 Å². The Labute approximate surface area is 104 Å². The zero-order chi connectivity index (χ0) is 12.0. The summed E-state index contributed by atoms with van der Waals surface area (Å²) in [4.78, 5) is 1.43.